The number of carboxylic acids is 1. The lowest BCUT2D eigenvalue weighted by atomic mass is 10.1. The van der Waals surface area contributed by atoms with Gasteiger partial charge in [0, 0.05) is 16.2 Å². The molecule has 0 aliphatic heterocycles. The van der Waals surface area contributed by atoms with Crippen molar-refractivity contribution in [2.75, 3.05) is 0 Å². The molecule has 1 aromatic heterocycles. The van der Waals surface area contributed by atoms with Crippen molar-refractivity contribution in [3.63, 3.8) is 0 Å². The summed E-state index contributed by atoms with van der Waals surface area (Å²) >= 11 is 3.48. The molecule has 0 amide bonds. The lowest BCUT2D eigenvalue weighted by Crippen LogP contribution is -2.11. The van der Waals surface area contributed by atoms with E-state index in [4.69, 9.17) is 0 Å². The Morgan fingerprint density at radius 2 is 1.95 bits per heavy atom. The van der Waals surface area contributed by atoms with Crippen molar-refractivity contribution in [2.24, 2.45) is 0 Å². The second kappa shape index (κ2) is 5.21. The molecule has 0 spiro atoms. The van der Waals surface area contributed by atoms with E-state index in [-0.39, 0.29) is 6.04 Å². The number of nitrogens with zero attached hydrogens (tertiary/aromatic N) is 1. The van der Waals surface area contributed by atoms with Crippen molar-refractivity contribution in [1.82, 2.24) is 4.57 Å². The average Bonchev–Trinajstić information content (AvgIpc) is 2.77. The molecular formula is C15H16BrNO2. The SMILES string of the molecule is Cc1cc(-c2ccc(C(=O)O)n2C(C)C)ccc1Br. The van der Waals surface area contributed by atoms with Gasteiger partial charge in [0.2, 0.25) is 0 Å². The molecule has 0 saturated carbocycles. The maximum Gasteiger partial charge on any atom is 0.352 e. The summed E-state index contributed by atoms with van der Waals surface area (Å²) in [6, 6.07) is 9.67. The first-order chi connectivity index (χ1) is 8.91. The molecule has 0 bridgehead atoms. The zero-order valence-corrected chi connectivity index (χ0v) is 12.7. The normalized spacial score (nSPS) is 11.0. The Morgan fingerprint density at radius 3 is 2.47 bits per heavy atom. The number of aromatic carboxylic acids is 1. The van der Waals surface area contributed by atoms with Crippen LogP contribution in [0.2, 0.25) is 0 Å². The van der Waals surface area contributed by atoms with E-state index in [0.29, 0.717) is 5.69 Å². The maximum absolute atomic E-state index is 11.3. The van der Waals surface area contributed by atoms with E-state index in [1.54, 1.807) is 6.07 Å². The third-order valence-corrected chi connectivity index (χ3v) is 4.00. The first kappa shape index (κ1) is 13.9. The molecule has 1 N–H and O–H groups in total. The number of hydrogen-bond donors (Lipinski definition) is 1. The average molecular weight is 322 g/mol. The van der Waals surface area contributed by atoms with Crippen molar-refractivity contribution < 1.29 is 9.90 Å². The topological polar surface area (TPSA) is 42.2 Å². The van der Waals surface area contributed by atoms with Crippen LogP contribution in [0.3, 0.4) is 0 Å². The van der Waals surface area contributed by atoms with Crippen LogP contribution in [-0.4, -0.2) is 15.6 Å². The summed E-state index contributed by atoms with van der Waals surface area (Å²) in [7, 11) is 0. The summed E-state index contributed by atoms with van der Waals surface area (Å²) in [6.07, 6.45) is 0. The first-order valence-corrected chi connectivity index (χ1v) is 6.92. The van der Waals surface area contributed by atoms with Gasteiger partial charge in [-0.3, -0.25) is 0 Å². The maximum atomic E-state index is 11.3. The second-order valence-corrected chi connectivity index (χ2v) is 5.69. The third-order valence-electron chi connectivity index (χ3n) is 3.11. The van der Waals surface area contributed by atoms with Crippen molar-refractivity contribution in [2.45, 2.75) is 26.8 Å². The van der Waals surface area contributed by atoms with Crippen LogP contribution in [0.1, 0.15) is 35.9 Å². The van der Waals surface area contributed by atoms with Crippen molar-refractivity contribution in [1.29, 1.82) is 0 Å². The zero-order valence-electron chi connectivity index (χ0n) is 11.1. The van der Waals surface area contributed by atoms with Crippen molar-refractivity contribution in [3.05, 3.63) is 46.1 Å². The molecule has 1 heterocycles. The number of rotatable bonds is 3. The number of hydrogen-bond acceptors (Lipinski definition) is 1. The van der Waals surface area contributed by atoms with Gasteiger partial charge in [-0.25, -0.2) is 4.79 Å². The van der Waals surface area contributed by atoms with Crippen LogP contribution >= 0.6 is 15.9 Å². The van der Waals surface area contributed by atoms with Crippen molar-refractivity contribution in [3.8, 4) is 11.3 Å². The van der Waals surface area contributed by atoms with E-state index >= 15 is 0 Å². The molecule has 4 heteroatoms. The standard InChI is InChI=1S/C15H16BrNO2/c1-9(2)17-13(6-7-14(17)15(18)19)11-4-5-12(16)10(3)8-11/h4-9H,1-3H3,(H,18,19). The van der Waals surface area contributed by atoms with Gasteiger partial charge >= 0.3 is 5.97 Å². The molecule has 0 aliphatic rings. The van der Waals surface area contributed by atoms with E-state index < -0.39 is 5.97 Å². The van der Waals surface area contributed by atoms with E-state index in [1.165, 1.54) is 0 Å². The number of carboxylic acid groups (broad SMARTS) is 1. The Hall–Kier alpha value is -1.55. The first-order valence-electron chi connectivity index (χ1n) is 6.13. The minimum Gasteiger partial charge on any atom is -0.477 e. The van der Waals surface area contributed by atoms with E-state index in [1.807, 2.05) is 43.5 Å². The lowest BCUT2D eigenvalue weighted by Gasteiger charge is -2.16. The van der Waals surface area contributed by atoms with Gasteiger partial charge in [0.25, 0.3) is 0 Å². The number of aryl methyl sites for hydroxylation is 1. The van der Waals surface area contributed by atoms with E-state index in [9.17, 15) is 9.90 Å². The molecule has 0 radical (unpaired) electrons. The highest BCUT2D eigenvalue weighted by Gasteiger charge is 2.17. The quantitative estimate of drug-likeness (QED) is 0.904. The second-order valence-electron chi connectivity index (χ2n) is 4.84. The molecule has 19 heavy (non-hydrogen) atoms. The Kier molecular flexibility index (Phi) is 3.80. The minimum absolute atomic E-state index is 0.0973. The van der Waals surface area contributed by atoms with Gasteiger partial charge in [-0.1, -0.05) is 22.0 Å². The Labute approximate surface area is 121 Å². The van der Waals surface area contributed by atoms with Crippen LogP contribution in [0.15, 0.2) is 34.8 Å². The van der Waals surface area contributed by atoms with Gasteiger partial charge in [-0.05, 0) is 56.2 Å². The van der Waals surface area contributed by atoms with Gasteiger partial charge < -0.3 is 9.67 Å². The van der Waals surface area contributed by atoms with Gasteiger partial charge in [-0.15, -0.1) is 0 Å². The number of halogens is 1. The van der Waals surface area contributed by atoms with E-state index in [2.05, 4.69) is 22.0 Å². The van der Waals surface area contributed by atoms with Crippen LogP contribution in [-0.2, 0) is 0 Å². The Balaban J connectivity index is 2.62. The highest BCUT2D eigenvalue weighted by Crippen LogP contribution is 2.29. The molecule has 3 nitrogen and oxygen atoms in total. The lowest BCUT2D eigenvalue weighted by molar-refractivity contribution is 0.0683. The van der Waals surface area contributed by atoms with E-state index in [0.717, 1.165) is 21.3 Å². The number of carbonyl (C=O) groups is 1. The Bertz CT molecular complexity index is 629. The molecule has 2 rings (SSSR count). The molecule has 0 saturated heterocycles. The molecule has 2 aromatic rings. The van der Waals surface area contributed by atoms with Gasteiger partial charge in [0.05, 0.1) is 0 Å². The fourth-order valence-electron chi connectivity index (χ4n) is 2.22. The minimum atomic E-state index is -0.895. The molecular weight excluding hydrogens is 306 g/mol. The van der Waals surface area contributed by atoms with Crippen LogP contribution < -0.4 is 0 Å². The van der Waals surface area contributed by atoms with Gasteiger partial charge in [0.15, 0.2) is 0 Å². The molecule has 0 fully saturated rings. The monoisotopic (exact) mass is 321 g/mol. The van der Waals surface area contributed by atoms with Crippen LogP contribution in [0.4, 0.5) is 0 Å². The Morgan fingerprint density at radius 1 is 1.26 bits per heavy atom. The number of aromatic nitrogens is 1. The van der Waals surface area contributed by atoms with Crippen LogP contribution in [0.25, 0.3) is 11.3 Å². The fourth-order valence-corrected chi connectivity index (χ4v) is 2.46. The zero-order chi connectivity index (χ0) is 14.2. The largest absolute Gasteiger partial charge is 0.477 e. The summed E-state index contributed by atoms with van der Waals surface area (Å²) in [5.74, 6) is -0.895. The van der Waals surface area contributed by atoms with Crippen LogP contribution in [0, 0.1) is 6.92 Å². The number of benzene rings is 1. The summed E-state index contributed by atoms with van der Waals surface area (Å²) in [4.78, 5) is 11.3. The fraction of sp³-hybridized carbons (Fsp3) is 0.267. The van der Waals surface area contributed by atoms with Gasteiger partial charge in [-0.2, -0.15) is 0 Å². The molecule has 100 valence electrons. The molecule has 0 atom stereocenters. The van der Waals surface area contributed by atoms with Crippen LogP contribution in [0.5, 0.6) is 0 Å². The summed E-state index contributed by atoms with van der Waals surface area (Å²) in [5, 5.41) is 9.25. The smallest absolute Gasteiger partial charge is 0.352 e. The molecule has 0 aliphatic carbocycles. The van der Waals surface area contributed by atoms with Gasteiger partial charge in [0.1, 0.15) is 5.69 Å². The predicted molar refractivity (Wildman–Crippen MR) is 79.6 cm³/mol. The predicted octanol–water partition coefficient (Wildman–Crippen LogP) is 4.51. The highest BCUT2D eigenvalue weighted by molar-refractivity contribution is 9.10. The summed E-state index contributed by atoms with van der Waals surface area (Å²) < 4.78 is 2.91. The third kappa shape index (κ3) is 2.59. The van der Waals surface area contributed by atoms with Crippen molar-refractivity contribution >= 4 is 21.9 Å². The summed E-state index contributed by atoms with van der Waals surface area (Å²) in [5.41, 5.74) is 3.42. The molecule has 0 unspecified atom stereocenters. The molecule has 1 aromatic carbocycles. The summed E-state index contributed by atoms with van der Waals surface area (Å²) in [6.45, 7) is 6.00. The highest BCUT2D eigenvalue weighted by atomic mass is 79.9.